The highest BCUT2D eigenvalue weighted by atomic mass is 16.2. The molecule has 2 amide bonds. The first kappa shape index (κ1) is 18.5. The van der Waals surface area contributed by atoms with Crippen LogP contribution in [0.5, 0.6) is 0 Å². The molecule has 1 saturated heterocycles. The first-order valence-electron chi connectivity index (χ1n) is 10.6. The molecule has 0 bridgehead atoms. The van der Waals surface area contributed by atoms with Crippen molar-refractivity contribution in [3.05, 3.63) is 17.5 Å². The lowest BCUT2D eigenvalue weighted by molar-refractivity contribution is -0.121. The number of carbonyl (C=O) groups excluding carboxylic acids is 2. The molecule has 2 saturated carbocycles. The maximum atomic E-state index is 13.1. The van der Waals surface area contributed by atoms with E-state index in [1.807, 2.05) is 25.1 Å². The summed E-state index contributed by atoms with van der Waals surface area (Å²) in [4.78, 5) is 27.4. The van der Waals surface area contributed by atoms with Gasteiger partial charge in [0.05, 0.1) is 11.3 Å². The molecule has 1 aromatic heterocycles. The second kappa shape index (κ2) is 7.28. The molecule has 1 atom stereocenters. The van der Waals surface area contributed by atoms with Crippen LogP contribution in [0, 0.1) is 18.3 Å². The summed E-state index contributed by atoms with van der Waals surface area (Å²) in [6, 6.07) is 0.427. The van der Waals surface area contributed by atoms with Crippen LogP contribution in [0.4, 0.5) is 0 Å². The van der Waals surface area contributed by atoms with Crippen molar-refractivity contribution < 1.29 is 9.59 Å². The maximum Gasteiger partial charge on any atom is 0.257 e. The fourth-order valence-corrected chi connectivity index (χ4v) is 5.22. The van der Waals surface area contributed by atoms with Gasteiger partial charge in [0.2, 0.25) is 5.91 Å². The van der Waals surface area contributed by atoms with E-state index in [-0.39, 0.29) is 17.2 Å². The van der Waals surface area contributed by atoms with Crippen LogP contribution in [0.25, 0.3) is 0 Å². The summed E-state index contributed by atoms with van der Waals surface area (Å²) < 4.78 is 1.72. The highest BCUT2D eigenvalue weighted by Crippen LogP contribution is 2.49. The summed E-state index contributed by atoms with van der Waals surface area (Å²) >= 11 is 0. The number of hydrogen-bond acceptors (Lipinski definition) is 3. The number of likely N-dealkylation sites (tertiary alicyclic amines) is 1. The van der Waals surface area contributed by atoms with E-state index >= 15 is 0 Å². The molecule has 27 heavy (non-hydrogen) atoms. The Bertz CT molecular complexity index is 716. The quantitative estimate of drug-likeness (QED) is 0.864. The largest absolute Gasteiger partial charge is 0.353 e. The standard InChI is InChI=1S/C21H32N4O2/c1-15-18(13-24(2)23-15)20(27)25-12-16(6-9-19(26)22-17-7-8-17)21(14-25)10-4-3-5-11-21/h13,16-17H,3-12,14H2,1-2H3,(H,22,26). The third-order valence-corrected chi connectivity index (χ3v) is 6.86. The lowest BCUT2D eigenvalue weighted by Gasteiger charge is -2.38. The van der Waals surface area contributed by atoms with Gasteiger partial charge >= 0.3 is 0 Å². The summed E-state index contributed by atoms with van der Waals surface area (Å²) in [6.45, 7) is 3.53. The highest BCUT2D eigenvalue weighted by Gasteiger charge is 2.48. The van der Waals surface area contributed by atoms with Gasteiger partial charge in [-0.15, -0.1) is 0 Å². The number of carbonyl (C=O) groups is 2. The van der Waals surface area contributed by atoms with Crippen LogP contribution in [0.3, 0.4) is 0 Å². The molecular formula is C21H32N4O2. The van der Waals surface area contributed by atoms with E-state index < -0.39 is 0 Å². The number of aryl methyl sites for hydroxylation is 2. The molecular weight excluding hydrogens is 340 g/mol. The van der Waals surface area contributed by atoms with E-state index in [2.05, 4.69) is 10.4 Å². The van der Waals surface area contributed by atoms with Crippen LogP contribution in [0.15, 0.2) is 6.20 Å². The molecule has 148 valence electrons. The zero-order valence-corrected chi connectivity index (χ0v) is 16.7. The molecule has 2 aliphatic carbocycles. The average Bonchev–Trinajstić information content (AvgIpc) is 3.30. The van der Waals surface area contributed by atoms with Gasteiger partial charge in [0.15, 0.2) is 0 Å². The minimum absolute atomic E-state index is 0.107. The maximum absolute atomic E-state index is 13.1. The summed E-state index contributed by atoms with van der Waals surface area (Å²) in [6.07, 6.45) is 11.8. The first-order valence-corrected chi connectivity index (χ1v) is 10.6. The first-order chi connectivity index (χ1) is 13.0. The predicted molar refractivity (Wildman–Crippen MR) is 103 cm³/mol. The normalized spacial score (nSPS) is 24.4. The number of aromatic nitrogens is 2. The Labute approximate surface area is 161 Å². The van der Waals surface area contributed by atoms with Crippen molar-refractivity contribution in [3.8, 4) is 0 Å². The number of nitrogens with zero attached hydrogens (tertiary/aromatic N) is 3. The van der Waals surface area contributed by atoms with Crippen molar-refractivity contribution in [3.63, 3.8) is 0 Å². The van der Waals surface area contributed by atoms with Crippen LogP contribution >= 0.6 is 0 Å². The van der Waals surface area contributed by atoms with Gasteiger partial charge in [0.25, 0.3) is 5.91 Å². The molecule has 6 heteroatoms. The molecule has 3 fully saturated rings. The molecule has 3 aliphatic rings. The minimum atomic E-state index is 0.107. The Morgan fingerprint density at radius 1 is 1.26 bits per heavy atom. The average molecular weight is 373 g/mol. The number of amides is 2. The van der Waals surface area contributed by atoms with Crippen molar-refractivity contribution in [2.75, 3.05) is 13.1 Å². The second-order valence-corrected chi connectivity index (χ2v) is 8.99. The van der Waals surface area contributed by atoms with Crippen molar-refractivity contribution in [1.29, 1.82) is 0 Å². The Morgan fingerprint density at radius 2 is 2.00 bits per heavy atom. The van der Waals surface area contributed by atoms with Crippen molar-refractivity contribution >= 4 is 11.8 Å². The molecule has 1 aromatic rings. The van der Waals surface area contributed by atoms with Gasteiger partial charge in [-0.3, -0.25) is 14.3 Å². The van der Waals surface area contributed by atoms with E-state index in [1.165, 1.54) is 32.1 Å². The third-order valence-electron chi connectivity index (χ3n) is 6.86. The van der Waals surface area contributed by atoms with E-state index in [9.17, 15) is 9.59 Å². The Hall–Kier alpha value is -1.85. The van der Waals surface area contributed by atoms with Crippen LogP contribution in [0.1, 0.15) is 73.8 Å². The van der Waals surface area contributed by atoms with Gasteiger partial charge < -0.3 is 10.2 Å². The van der Waals surface area contributed by atoms with Crippen LogP contribution in [-0.2, 0) is 11.8 Å². The molecule has 0 radical (unpaired) electrons. The Balaban J connectivity index is 1.46. The lowest BCUT2D eigenvalue weighted by Crippen LogP contribution is -2.35. The van der Waals surface area contributed by atoms with E-state index in [4.69, 9.17) is 0 Å². The monoisotopic (exact) mass is 372 g/mol. The fourth-order valence-electron chi connectivity index (χ4n) is 5.22. The second-order valence-electron chi connectivity index (χ2n) is 8.99. The van der Waals surface area contributed by atoms with Crippen LogP contribution in [0.2, 0.25) is 0 Å². The Kier molecular flexibility index (Phi) is 4.99. The van der Waals surface area contributed by atoms with Crippen molar-refractivity contribution in [2.45, 2.75) is 70.8 Å². The molecule has 0 aromatic carbocycles. The smallest absolute Gasteiger partial charge is 0.257 e. The summed E-state index contributed by atoms with van der Waals surface area (Å²) in [5.41, 5.74) is 1.73. The molecule has 4 rings (SSSR count). The lowest BCUT2D eigenvalue weighted by atomic mass is 9.66. The molecule has 2 heterocycles. The zero-order valence-electron chi connectivity index (χ0n) is 16.7. The highest BCUT2D eigenvalue weighted by molar-refractivity contribution is 5.95. The van der Waals surface area contributed by atoms with Gasteiger partial charge in [0, 0.05) is 38.8 Å². The summed E-state index contributed by atoms with van der Waals surface area (Å²) in [5, 5.41) is 7.44. The van der Waals surface area contributed by atoms with Crippen molar-refractivity contribution in [1.82, 2.24) is 20.0 Å². The number of rotatable bonds is 5. The SMILES string of the molecule is Cc1nn(C)cc1C(=O)N1CC(CCC(=O)NC2CC2)C2(CCCCC2)C1. The molecule has 1 unspecified atom stereocenters. The van der Waals surface area contributed by atoms with E-state index in [1.54, 1.807) is 4.68 Å². The summed E-state index contributed by atoms with van der Waals surface area (Å²) in [7, 11) is 1.86. The fraction of sp³-hybridized carbons (Fsp3) is 0.762. The van der Waals surface area contributed by atoms with Gasteiger partial charge in [-0.1, -0.05) is 19.3 Å². The minimum Gasteiger partial charge on any atom is -0.353 e. The zero-order chi connectivity index (χ0) is 19.0. The topological polar surface area (TPSA) is 67.2 Å². The van der Waals surface area contributed by atoms with Crippen molar-refractivity contribution in [2.24, 2.45) is 18.4 Å². The molecule has 6 nitrogen and oxygen atoms in total. The molecule has 1 N–H and O–H groups in total. The van der Waals surface area contributed by atoms with Crippen LogP contribution in [-0.4, -0.2) is 45.6 Å². The van der Waals surface area contributed by atoms with Gasteiger partial charge in [-0.05, 0) is 50.4 Å². The van der Waals surface area contributed by atoms with Gasteiger partial charge in [0.1, 0.15) is 0 Å². The third kappa shape index (κ3) is 3.90. The van der Waals surface area contributed by atoms with E-state index in [0.717, 1.165) is 43.6 Å². The van der Waals surface area contributed by atoms with Crippen LogP contribution < -0.4 is 5.32 Å². The number of nitrogens with one attached hydrogen (secondary N) is 1. The molecule has 1 aliphatic heterocycles. The Morgan fingerprint density at radius 3 is 2.63 bits per heavy atom. The molecule has 1 spiro atoms. The summed E-state index contributed by atoms with van der Waals surface area (Å²) in [5.74, 6) is 0.732. The van der Waals surface area contributed by atoms with Gasteiger partial charge in [-0.2, -0.15) is 5.10 Å². The van der Waals surface area contributed by atoms with Gasteiger partial charge in [-0.25, -0.2) is 0 Å². The number of hydrogen-bond donors (Lipinski definition) is 1. The predicted octanol–water partition coefficient (Wildman–Crippen LogP) is 2.81. The van der Waals surface area contributed by atoms with E-state index in [0.29, 0.717) is 18.4 Å².